The Kier molecular flexibility index (Phi) is 5.48. The zero-order valence-electron chi connectivity index (χ0n) is 18.8. The molecule has 1 aliphatic carbocycles. The van der Waals surface area contributed by atoms with Crippen LogP contribution in [0.15, 0.2) is 66.5 Å². The summed E-state index contributed by atoms with van der Waals surface area (Å²) in [6, 6.07) is 13.6. The third-order valence-electron chi connectivity index (χ3n) is 6.48. The number of halogens is 2. The molecule has 1 fully saturated rings. The number of benzene rings is 2. The number of hydrogen-bond acceptors (Lipinski definition) is 4. The molecule has 3 aromatic rings. The van der Waals surface area contributed by atoms with Crippen molar-refractivity contribution in [2.24, 2.45) is 5.92 Å². The van der Waals surface area contributed by atoms with Gasteiger partial charge in [-0.25, -0.2) is 8.78 Å². The molecular weight excluding hydrogens is 436 g/mol. The quantitative estimate of drug-likeness (QED) is 0.592. The maximum atomic E-state index is 14.9. The minimum atomic E-state index is -0.663. The van der Waals surface area contributed by atoms with Crippen LogP contribution in [0.3, 0.4) is 0 Å². The molecule has 7 heteroatoms. The van der Waals surface area contributed by atoms with Crippen molar-refractivity contribution in [1.29, 1.82) is 0 Å². The average molecular weight is 459 g/mol. The van der Waals surface area contributed by atoms with Gasteiger partial charge in [-0.2, -0.15) is 0 Å². The molecule has 0 saturated heterocycles. The van der Waals surface area contributed by atoms with E-state index in [2.05, 4.69) is 10.3 Å². The lowest BCUT2D eigenvalue weighted by Gasteiger charge is -2.34. The fourth-order valence-corrected chi connectivity index (χ4v) is 4.54. The minimum Gasteiger partial charge on any atom is -0.344 e. The van der Waals surface area contributed by atoms with E-state index in [0.29, 0.717) is 34.4 Å². The number of aryl methyl sites for hydroxylation is 1. The number of aromatic nitrogens is 1. The number of pyridine rings is 1. The third kappa shape index (κ3) is 3.98. The highest BCUT2D eigenvalue weighted by molar-refractivity contribution is 6.22. The smallest absolute Gasteiger partial charge is 0.254 e. The molecular formula is C27H23F2N3O2. The van der Waals surface area contributed by atoms with Gasteiger partial charge in [0.1, 0.15) is 17.4 Å². The Balaban J connectivity index is 1.57. The number of allylic oxidation sites excluding steroid dienone is 1. The average Bonchev–Trinajstić information content (AvgIpc) is 3.54. The lowest BCUT2D eigenvalue weighted by molar-refractivity contribution is -0.116. The molecule has 1 saturated carbocycles. The molecule has 0 radical (unpaired) electrons. The number of amides is 1. The number of hydrogen-bond donors (Lipinski definition) is 1. The van der Waals surface area contributed by atoms with Crippen LogP contribution in [-0.4, -0.2) is 16.7 Å². The predicted molar refractivity (Wildman–Crippen MR) is 125 cm³/mol. The number of carbonyl (C=O) groups is 2. The summed E-state index contributed by atoms with van der Waals surface area (Å²) in [6.07, 6.45) is 2.02. The highest BCUT2D eigenvalue weighted by Gasteiger charge is 2.44. The molecule has 34 heavy (non-hydrogen) atoms. The summed E-state index contributed by atoms with van der Waals surface area (Å²) in [4.78, 5) is 31.9. The Morgan fingerprint density at radius 3 is 2.56 bits per heavy atom. The van der Waals surface area contributed by atoms with Crippen molar-refractivity contribution in [3.05, 3.63) is 101 Å². The fraction of sp³-hybridized carbons (Fsp3) is 0.222. The van der Waals surface area contributed by atoms with Crippen LogP contribution in [0.5, 0.6) is 0 Å². The van der Waals surface area contributed by atoms with Gasteiger partial charge in [-0.05, 0) is 55.3 Å². The number of ketones is 1. The van der Waals surface area contributed by atoms with Gasteiger partial charge in [0.25, 0.3) is 5.91 Å². The summed E-state index contributed by atoms with van der Waals surface area (Å²) in [6.45, 7) is 3.94. The summed E-state index contributed by atoms with van der Waals surface area (Å²) in [5.41, 5.74) is 3.98. The van der Waals surface area contributed by atoms with Crippen LogP contribution in [-0.2, 0) is 16.1 Å². The first kappa shape index (κ1) is 21.9. The molecule has 1 unspecified atom stereocenters. The van der Waals surface area contributed by atoms with Crippen LogP contribution < -0.4 is 10.2 Å². The van der Waals surface area contributed by atoms with Crippen molar-refractivity contribution in [3.63, 3.8) is 0 Å². The largest absolute Gasteiger partial charge is 0.344 e. The van der Waals surface area contributed by atoms with Crippen LogP contribution in [0.4, 0.5) is 14.5 Å². The van der Waals surface area contributed by atoms with E-state index in [9.17, 15) is 18.4 Å². The first-order valence-corrected chi connectivity index (χ1v) is 11.1. The van der Waals surface area contributed by atoms with Crippen molar-refractivity contribution >= 4 is 23.0 Å². The predicted octanol–water partition coefficient (Wildman–Crippen LogP) is 4.87. The highest BCUT2D eigenvalue weighted by atomic mass is 19.1. The monoisotopic (exact) mass is 459 g/mol. The van der Waals surface area contributed by atoms with Gasteiger partial charge < -0.3 is 10.2 Å². The lowest BCUT2D eigenvalue weighted by atomic mass is 9.91. The Morgan fingerprint density at radius 1 is 1.12 bits per heavy atom. The molecule has 5 rings (SSSR count). The molecule has 172 valence electrons. The van der Waals surface area contributed by atoms with Crippen molar-refractivity contribution < 1.29 is 18.4 Å². The first-order chi connectivity index (χ1) is 16.3. The van der Waals surface area contributed by atoms with Crippen LogP contribution >= 0.6 is 0 Å². The molecule has 2 atom stereocenters. The molecule has 1 N–H and O–H groups in total. The van der Waals surface area contributed by atoms with Gasteiger partial charge in [-0.15, -0.1) is 0 Å². The Labute approximate surface area is 196 Å². The number of nitrogens with zero attached hydrogens (tertiary/aromatic N) is 2. The van der Waals surface area contributed by atoms with E-state index >= 15 is 0 Å². The molecule has 0 spiro atoms. The second-order valence-electron chi connectivity index (χ2n) is 8.75. The van der Waals surface area contributed by atoms with E-state index in [4.69, 9.17) is 0 Å². The van der Waals surface area contributed by atoms with Gasteiger partial charge in [-0.1, -0.05) is 24.3 Å². The number of rotatable bonds is 5. The molecule has 2 aliphatic rings. The summed E-state index contributed by atoms with van der Waals surface area (Å²) in [5.74, 6) is -1.67. The molecule has 1 aromatic heterocycles. The van der Waals surface area contributed by atoms with Crippen LogP contribution in [0.2, 0.25) is 0 Å². The van der Waals surface area contributed by atoms with Gasteiger partial charge in [0.05, 0.1) is 30.0 Å². The summed E-state index contributed by atoms with van der Waals surface area (Å²) >= 11 is 0. The molecule has 2 heterocycles. The second kappa shape index (κ2) is 8.48. The molecule has 5 nitrogen and oxygen atoms in total. The van der Waals surface area contributed by atoms with E-state index in [1.165, 1.54) is 18.2 Å². The normalized spacial score (nSPS) is 17.9. The number of anilines is 1. The topological polar surface area (TPSA) is 62.3 Å². The van der Waals surface area contributed by atoms with Gasteiger partial charge in [-0.3, -0.25) is 14.6 Å². The number of carbonyl (C=O) groups excluding carboxylic acids is 2. The lowest BCUT2D eigenvalue weighted by Crippen LogP contribution is -2.36. The molecule has 2 aromatic carbocycles. The summed E-state index contributed by atoms with van der Waals surface area (Å²) in [5, 5.41) is 2.95. The number of Topliss-reactive ketones (excluding diaryl/α,β-unsaturated/α-hetero) is 1. The van der Waals surface area contributed by atoms with Crippen molar-refractivity contribution in [3.8, 4) is 0 Å². The number of nitrogens with one attached hydrogen (secondary N) is 1. The van der Waals surface area contributed by atoms with Gasteiger partial charge in [0.15, 0.2) is 0 Å². The summed E-state index contributed by atoms with van der Waals surface area (Å²) in [7, 11) is 0. The van der Waals surface area contributed by atoms with Gasteiger partial charge >= 0.3 is 0 Å². The standard InChI is InChI=1S/C27H23F2N3O2/c1-15-9-10-19(13-30-15)32-14-22-20(7-4-8-23(22)29)25(16(32)2)27(34)31-26(21-12-24(21)33)17-5-3-6-18(28)11-17/h3-11,13,21,26H,12,14H2,1-2H3,(H,31,34)/t21?,26-/m1/s1. The zero-order chi connectivity index (χ0) is 24.0. The van der Waals surface area contributed by atoms with Crippen LogP contribution in [0.25, 0.3) is 5.57 Å². The van der Waals surface area contributed by atoms with Crippen molar-refractivity contribution in [2.75, 3.05) is 4.90 Å². The highest BCUT2D eigenvalue weighted by Crippen LogP contribution is 2.40. The zero-order valence-corrected chi connectivity index (χ0v) is 18.8. The van der Waals surface area contributed by atoms with E-state index in [-0.39, 0.29) is 12.3 Å². The Morgan fingerprint density at radius 2 is 1.88 bits per heavy atom. The maximum absolute atomic E-state index is 14.9. The van der Waals surface area contributed by atoms with Gasteiger partial charge in [0.2, 0.25) is 0 Å². The SMILES string of the molecule is CC1=C(C(=O)N[C@H](c2cccc(F)c2)C2CC2=O)c2cccc(F)c2CN1c1ccc(C)nc1. The van der Waals surface area contributed by atoms with Gasteiger partial charge in [0, 0.05) is 29.3 Å². The van der Waals surface area contributed by atoms with E-state index in [1.54, 1.807) is 30.5 Å². The van der Waals surface area contributed by atoms with E-state index < -0.39 is 29.5 Å². The van der Waals surface area contributed by atoms with E-state index in [1.807, 2.05) is 30.9 Å². The Bertz CT molecular complexity index is 1330. The minimum absolute atomic E-state index is 0.0164. The third-order valence-corrected chi connectivity index (χ3v) is 6.48. The second-order valence-corrected chi connectivity index (χ2v) is 8.75. The van der Waals surface area contributed by atoms with Crippen molar-refractivity contribution in [1.82, 2.24) is 10.3 Å². The molecule has 1 amide bonds. The first-order valence-electron chi connectivity index (χ1n) is 11.1. The molecule has 0 bridgehead atoms. The van der Waals surface area contributed by atoms with Crippen LogP contribution in [0, 0.1) is 24.5 Å². The molecule has 1 aliphatic heterocycles. The number of fused-ring (bicyclic) bond motifs is 1. The van der Waals surface area contributed by atoms with Crippen LogP contribution in [0.1, 0.15) is 41.8 Å². The fourth-order valence-electron chi connectivity index (χ4n) is 4.54. The Hall–Kier alpha value is -3.87. The van der Waals surface area contributed by atoms with Crippen molar-refractivity contribution in [2.45, 2.75) is 32.9 Å². The maximum Gasteiger partial charge on any atom is 0.254 e. The summed E-state index contributed by atoms with van der Waals surface area (Å²) < 4.78 is 28.8. The van der Waals surface area contributed by atoms with E-state index in [0.717, 1.165) is 11.4 Å².